The van der Waals surface area contributed by atoms with Crippen LogP contribution in [-0.2, 0) is 6.54 Å². The maximum atomic E-state index is 8.97. The van der Waals surface area contributed by atoms with E-state index in [1.165, 1.54) is 5.56 Å². The standard InChI is InChI=1S/C15H25NO2/c1-4-14(9-10-17)16-11-13-7-5-6-8-15(13)18-12(2)3/h5-8,12,14,16-17H,4,9-11H2,1-3H3. The molecule has 0 saturated carbocycles. The van der Waals surface area contributed by atoms with Gasteiger partial charge in [0.15, 0.2) is 0 Å². The molecule has 0 aliphatic rings. The van der Waals surface area contributed by atoms with Gasteiger partial charge < -0.3 is 15.2 Å². The number of rotatable bonds is 8. The Bertz CT molecular complexity index is 339. The SMILES string of the molecule is CCC(CCO)NCc1ccccc1OC(C)C. The van der Waals surface area contributed by atoms with Crippen LogP contribution >= 0.6 is 0 Å². The third kappa shape index (κ3) is 5.07. The molecule has 2 N–H and O–H groups in total. The largest absolute Gasteiger partial charge is 0.491 e. The minimum Gasteiger partial charge on any atom is -0.491 e. The smallest absolute Gasteiger partial charge is 0.124 e. The molecule has 102 valence electrons. The van der Waals surface area contributed by atoms with Crippen molar-refractivity contribution < 1.29 is 9.84 Å². The summed E-state index contributed by atoms with van der Waals surface area (Å²) in [4.78, 5) is 0. The van der Waals surface area contributed by atoms with Crippen LogP contribution in [0.1, 0.15) is 39.2 Å². The molecular weight excluding hydrogens is 226 g/mol. The van der Waals surface area contributed by atoms with Crippen LogP contribution in [-0.4, -0.2) is 23.9 Å². The predicted octanol–water partition coefficient (Wildman–Crippen LogP) is 2.72. The predicted molar refractivity (Wildman–Crippen MR) is 74.8 cm³/mol. The van der Waals surface area contributed by atoms with Gasteiger partial charge in [-0.1, -0.05) is 25.1 Å². The van der Waals surface area contributed by atoms with Crippen molar-refractivity contribution in [1.29, 1.82) is 0 Å². The Morgan fingerprint density at radius 1 is 1.28 bits per heavy atom. The van der Waals surface area contributed by atoms with Crippen LogP contribution in [0.3, 0.4) is 0 Å². The average molecular weight is 251 g/mol. The zero-order valence-corrected chi connectivity index (χ0v) is 11.6. The van der Waals surface area contributed by atoms with Crippen molar-refractivity contribution in [3.8, 4) is 5.75 Å². The summed E-state index contributed by atoms with van der Waals surface area (Å²) in [5.74, 6) is 0.943. The molecule has 1 unspecified atom stereocenters. The molecular formula is C15H25NO2. The lowest BCUT2D eigenvalue weighted by atomic mass is 10.1. The molecule has 0 fully saturated rings. The number of nitrogens with one attached hydrogen (secondary N) is 1. The molecule has 0 aromatic heterocycles. The highest BCUT2D eigenvalue weighted by atomic mass is 16.5. The van der Waals surface area contributed by atoms with Gasteiger partial charge in [0.2, 0.25) is 0 Å². The van der Waals surface area contributed by atoms with Crippen molar-refractivity contribution in [3.05, 3.63) is 29.8 Å². The number of hydrogen-bond donors (Lipinski definition) is 2. The van der Waals surface area contributed by atoms with Crippen LogP contribution in [0.15, 0.2) is 24.3 Å². The van der Waals surface area contributed by atoms with Gasteiger partial charge in [-0.2, -0.15) is 0 Å². The van der Waals surface area contributed by atoms with E-state index in [9.17, 15) is 0 Å². The van der Waals surface area contributed by atoms with Crippen LogP contribution < -0.4 is 10.1 Å². The molecule has 0 aliphatic carbocycles. The Morgan fingerprint density at radius 3 is 2.61 bits per heavy atom. The van der Waals surface area contributed by atoms with Gasteiger partial charge in [-0.15, -0.1) is 0 Å². The van der Waals surface area contributed by atoms with Crippen molar-refractivity contribution >= 4 is 0 Å². The summed E-state index contributed by atoms with van der Waals surface area (Å²) in [5.41, 5.74) is 1.17. The first-order valence-electron chi connectivity index (χ1n) is 6.76. The minimum atomic E-state index is 0.186. The Kier molecular flexibility index (Phi) is 6.76. The van der Waals surface area contributed by atoms with E-state index in [1.54, 1.807) is 0 Å². The molecule has 0 saturated heterocycles. The van der Waals surface area contributed by atoms with Gasteiger partial charge in [-0.3, -0.25) is 0 Å². The van der Waals surface area contributed by atoms with Gasteiger partial charge in [0.05, 0.1) is 6.10 Å². The molecule has 1 aromatic carbocycles. The summed E-state index contributed by atoms with van der Waals surface area (Å²) >= 11 is 0. The van der Waals surface area contributed by atoms with Crippen molar-refractivity contribution in [2.45, 2.75) is 52.3 Å². The van der Waals surface area contributed by atoms with Gasteiger partial charge in [-0.25, -0.2) is 0 Å². The van der Waals surface area contributed by atoms with Crippen molar-refractivity contribution in [2.75, 3.05) is 6.61 Å². The summed E-state index contributed by atoms with van der Waals surface area (Å²) in [6, 6.07) is 8.46. The highest BCUT2D eigenvalue weighted by molar-refractivity contribution is 5.33. The van der Waals surface area contributed by atoms with Crippen molar-refractivity contribution in [1.82, 2.24) is 5.32 Å². The lowest BCUT2D eigenvalue weighted by molar-refractivity contribution is 0.238. The van der Waals surface area contributed by atoms with Gasteiger partial charge in [0, 0.05) is 24.8 Å². The van der Waals surface area contributed by atoms with Gasteiger partial charge in [0.1, 0.15) is 5.75 Å². The van der Waals surface area contributed by atoms with E-state index in [0.29, 0.717) is 6.04 Å². The third-order valence-corrected chi connectivity index (χ3v) is 2.89. The van der Waals surface area contributed by atoms with Crippen LogP contribution in [0.2, 0.25) is 0 Å². The van der Waals surface area contributed by atoms with E-state index in [-0.39, 0.29) is 12.7 Å². The Balaban J connectivity index is 2.60. The Morgan fingerprint density at radius 2 is 2.00 bits per heavy atom. The van der Waals surface area contributed by atoms with E-state index in [0.717, 1.165) is 25.1 Å². The third-order valence-electron chi connectivity index (χ3n) is 2.89. The topological polar surface area (TPSA) is 41.5 Å². The minimum absolute atomic E-state index is 0.186. The van der Waals surface area contributed by atoms with E-state index in [4.69, 9.17) is 9.84 Å². The molecule has 18 heavy (non-hydrogen) atoms. The average Bonchev–Trinajstić information content (AvgIpc) is 2.35. The van der Waals surface area contributed by atoms with Crippen LogP contribution in [0.25, 0.3) is 0 Å². The summed E-state index contributed by atoms with van der Waals surface area (Å²) in [6.45, 7) is 7.20. The fraction of sp³-hybridized carbons (Fsp3) is 0.600. The highest BCUT2D eigenvalue weighted by Crippen LogP contribution is 2.19. The van der Waals surface area contributed by atoms with Crippen molar-refractivity contribution in [3.63, 3.8) is 0 Å². The fourth-order valence-corrected chi connectivity index (χ4v) is 1.88. The van der Waals surface area contributed by atoms with E-state index >= 15 is 0 Å². The molecule has 0 radical (unpaired) electrons. The molecule has 1 atom stereocenters. The fourth-order valence-electron chi connectivity index (χ4n) is 1.88. The second-order valence-electron chi connectivity index (χ2n) is 4.77. The molecule has 0 spiro atoms. The van der Waals surface area contributed by atoms with E-state index < -0.39 is 0 Å². The summed E-state index contributed by atoms with van der Waals surface area (Å²) in [6.07, 6.45) is 2.00. The Labute approximate surface area is 110 Å². The molecule has 3 heteroatoms. The zero-order valence-electron chi connectivity index (χ0n) is 11.6. The summed E-state index contributed by atoms with van der Waals surface area (Å²) in [5, 5.41) is 12.4. The summed E-state index contributed by atoms with van der Waals surface area (Å²) in [7, 11) is 0. The molecule has 0 heterocycles. The first-order valence-corrected chi connectivity index (χ1v) is 6.76. The zero-order chi connectivity index (χ0) is 13.4. The van der Waals surface area contributed by atoms with Crippen molar-refractivity contribution in [2.24, 2.45) is 0 Å². The van der Waals surface area contributed by atoms with Crippen LogP contribution in [0.5, 0.6) is 5.75 Å². The number of ether oxygens (including phenoxy) is 1. The first kappa shape index (κ1) is 15.0. The lowest BCUT2D eigenvalue weighted by Gasteiger charge is -2.18. The lowest BCUT2D eigenvalue weighted by Crippen LogP contribution is -2.29. The second-order valence-corrected chi connectivity index (χ2v) is 4.77. The number of aliphatic hydroxyl groups is 1. The number of benzene rings is 1. The van der Waals surface area contributed by atoms with Gasteiger partial charge in [-0.05, 0) is 32.8 Å². The molecule has 1 rings (SSSR count). The number of hydrogen-bond acceptors (Lipinski definition) is 3. The molecule has 0 amide bonds. The quantitative estimate of drug-likeness (QED) is 0.746. The molecule has 3 nitrogen and oxygen atoms in total. The highest BCUT2D eigenvalue weighted by Gasteiger charge is 2.08. The van der Waals surface area contributed by atoms with E-state index in [1.807, 2.05) is 32.0 Å². The molecule has 0 bridgehead atoms. The van der Waals surface area contributed by atoms with Crippen LogP contribution in [0, 0.1) is 0 Å². The first-order chi connectivity index (χ1) is 8.67. The molecule has 0 aliphatic heterocycles. The summed E-state index contributed by atoms with van der Waals surface area (Å²) < 4.78 is 5.78. The second kappa shape index (κ2) is 8.11. The maximum absolute atomic E-state index is 8.97. The number of para-hydroxylation sites is 1. The Hall–Kier alpha value is -1.06. The van der Waals surface area contributed by atoms with Crippen LogP contribution in [0.4, 0.5) is 0 Å². The normalized spacial score (nSPS) is 12.7. The molecule has 1 aromatic rings. The monoisotopic (exact) mass is 251 g/mol. The van der Waals surface area contributed by atoms with Gasteiger partial charge in [0.25, 0.3) is 0 Å². The van der Waals surface area contributed by atoms with E-state index in [2.05, 4.69) is 18.3 Å². The maximum Gasteiger partial charge on any atom is 0.124 e. The number of aliphatic hydroxyl groups excluding tert-OH is 1. The van der Waals surface area contributed by atoms with Gasteiger partial charge >= 0.3 is 0 Å².